The number of benzene rings is 1. The first-order valence-electron chi connectivity index (χ1n) is 7.01. The number of anilines is 2. The summed E-state index contributed by atoms with van der Waals surface area (Å²) in [6.07, 6.45) is 3.88. The Bertz CT molecular complexity index is 636. The molecule has 3 rings (SSSR count). The standard InChI is InChI=1S/C16H16BrN3O/c17-13-5-1-2-6-14(13)19-12-7-8-15(18-11-12)16(21)20-9-3-4-10-20/h1-2,5-8,11,19H,3-4,9-10H2. The first-order valence-corrected chi connectivity index (χ1v) is 7.80. The molecule has 0 bridgehead atoms. The Morgan fingerprint density at radius 3 is 2.57 bits per heavy atom. The maximum Gasteiger partial charge on any atom is 0.272 e. The van der Waals surface area contributed by atoms with Gasteiger partial charge >= 0.3 is 0 Å². The number of hydrogen-bond acceptors (Lipinski definition) is 3. The Hall–Kier alpha value is -1.88. The summed E-state index contributed by atoms with van der Waals surface area (Å²) >= 11 is 3.49. The molecule has 108 valence electrons. The van der Waals surface area contributed by atoms with E-state index < -0.39 is 0 Å². The smallest absolute Gasteiger partial charge is 0.272 e. The van der Waals surface area contributed by atoms with Gasteiger partial charge in [-0.25, -0.2) is 4.98 Å². The van der Waals surface area contributed by atoms with E-state index in [4.69, 9.17) is 0 Å². The van der Waals surface area contributed by atoms with Gasteiger partial charge in [0.05, 0.1) is 17.6 Å². The minimum atomic E-state index is 0.0277. The number of likely N-dealkylation sites (tertiary alicyclic amines) is 1. The van der Waals surface area contributed by atoms with E-state index in [1.54, 1.807) is 12.3 Å². The molecule has 0 saturated carbocycles. The zero-order valence-corrected chi connectivity index (χ0v) is 13.1. The van der Waals surface area contributed by atoms with Crippen LogP contribution in [0.1, 0.15) is 23.3 Å². The van der Waals surface area contributed by atoms with Gasteiger partial charge in [0.25, 0.3) is 5.91 Å². The average Bonchev–Trinajstić information content (AvgIpc) is 3.04. The van der Waals surface area contributed by atoms with E-state index in [-0.39, 0.29) is 5.91 Å². The number of halogens is 1. The Balaban J connectivity index is 1.72. The van der Waals surface area contributed by atoms with Gasteiger partial charge in [0.1, 0.15) is 5.69 Å². The van der Waals surface area contributed by atoms with Crippen molar-refractivity contribution in [3.05, 3.63) is 52.8 Å². The Kier molecular flexibility index (Phi) is 4.20. The van der Waals surface area contributed by atoms with E-state index in [9.17, 15) is 4.79 Å². The van der Waals surface area contributed by atoms with E-state index in [2.05, 4.69) is 26.2 Å². The lowest BCUT2D eigenvalue weighted by Crippen LogP contribution is -2.28. The van der Waals surface area contributed by atoms with Gasteiger partial charge < -0.3 is 10.2 Å². The number of amides is 1. The fourth-order valence-electron chi connectivity index (χ4n) is 2.39. The molecule has 1 aromatic heterocycles. The quantitative estimate of drug-likeness (QED) is 0.919. The summed E-state index contributed by atoms with van der Waals surface area (Å²) < 4.78 is 0.988. The van der Waals surface area contributed by atoms with E-state index in [0.29, 0.717) is 5.69 Å². The first-order chi connectivity index (χ1) is 10.2. The van der Waals surface area contributed by atoms with Crippen molar-refractivity contribution in [2.24, 2.45) is 0 Å². The molecule has 5 heteroatoms. The molecule has 1 N–H and O–H groups in total. The third-order valence-electron chi connectivity index (χ3n) is 3.53. The molecule has 0 unspecified atom stereocenters. The highest BCUT2D eigenvalue weighted by atomic mass is 79.9. The molecule has 0 radical (unpaired) electrons. The van der Waals surface area contributed by atoms with Gasteiger partial charge in [-0.1, -0.05) is 12.1 Å². The summed E-state index contributed by atoms with van der Waals surface area (Å²) in [6.45, 7) is 1.69. The fraction of sp³-hybridized carbons (Fsp3) is 0.250. The summed E-state index contributed by atoms with van der Waals surface area (Å²) in [7, 11) is 0. The van der Waals surface area contributed by atoms with Crippen LogP contribution in [0.5, 0.6) is 0 Å². The molecule has 1 saturated heterocycles. The number of carbonyl (C=O) groups is 1. The molecule has 0 spiro atoms. The molecular formula is C16H16BrN3O. The van der Waals surface area contributed by atoms with E-state index >= 15 is 0 Å². The van der Waals surface area contributed by atoms with E-state index in [0.717, 1.165) is 41.8 Å². The predicted octanol–water partition coefficient (Wildman–Crippen LogP) is 3.82. The van der Waals surface area contributed by atoms with Crippen LogP contribution >= 0.6 is 15.9 Å². The van der Waals surface area contributed by atoms with Crippen molar-refractivity contribution in [3.8, 4) is 0 Å². The predicted molar refractivity (Wildman–Crippen MR) is 86.8 cm³/mol. The van der Waals surface area contributed by atoms with Gasteiger partial charge in [0, 0.05) is 17.6 Å². The lowest BCUT2D eigenvalue weighted by molar-refractivity contribution is 0.0787. The van der Waals surface area contributed by atoms with Gasteiger partial charge in [0.15, 0.2) is 0 Å². The van der Waals surface area contributed by atoms with Gasteiger partial charge in [-0.2, -0.15) is 0 Å². The van der Waals surface area contributed by atoms with Crippen LogP contribution in [-0.4, -0.2) is 28.9 Å². The van der Waals surface area contributed by atoms with Crippen molar-refractivity contribution in [1.29, 1.82) is 0 Å². The second-order valence-electron chi connectivity index (χ2n) is 5.04. The molecule has 0 atom stereocenters. The molecule has 2 aromatic rings. The minimum Gasteiger partial charge on any atom is -0.353 e. The van der Waals surface area contributed by atoms with Gasteiger partial charge in [-0.15, -0.1) is 0 Å². The van der Waals surface area contributed by atoms with Gasteiger partial charge in [-0.3, -0.25) is 4.79 Å². The number of hydrogen-bond donors (Lipinski definition) is 1. The molecule has 1 aromatic carbocycles. The average molecular weight is 346 g/mol. The van der Waals surface area contributed by atoms with Crippen LogP contribution < -0.4 is 5.32 Å². The molecule has 21 heavy (non-hydrogen) atoms. The topological polar surface area (TPSA) is 45.2 Å². The molecule has 0 aliphatic carbocycles. The maximum absolute atomic E-state index is 12.2. The monoisotopic (exact) mass is 345 g/mol. The second-order valence-corrected chi connectivity index (χ2v) is 5.89. The Morgan fingerprint density at radius 1 is 1.14 bits per heavy atom. The van der Waals surface area contributed by atoms with Crippen molar-refractivity contribution in [1.82, 2.24) is 9.88 Å². The molecule has 2 heterocycles. The molecule has 4 nitrogen and oxygen atoms in total. The van der Waals surface area contributed by atoms with Crippen molar-refractivity contribution in [2.45, 2.75) is 12.8 Å². The number of rotatable bonds is 3. The third-order valence-corrected chi connectivity index (χ3v) is 4.22. The van der Waals surface area contributed by atoms with E-state index in [1.165, 1.54) is 0 Å². The largest absolute Gasteiger partial charge is 0.353 e. The number of nitrogens with one attached hydrogen (secondary N) is 1. The summed E-state index contributed by atoms with van der Waals surface area (Å²) in [5, 5.41) is 3.27. The van der Waals surface area contributed by atoms with Crippen LogP contribution in [0.25, 0.3) is 0 Å². The van der Waals surface area contributed by atoms with Crippen LogP contribution in [0.4, 0.5) is 11.4 Å². The zero-order valence-electron chi connectivity index (χ0n) is 11.6. The van der Waals surface area contributed by atoms with Crippen molar-refractivity contribution in [3.63, 3.8) is 0 Å². The number of pyridine rings is 1. The Morgan fingerprint density at radius 2 is 1.90 bits per heavy atom. The summed E-state index contributed by atoms with van der Waals surface area (Å²) in [5.74, 6) is 0.0277. The maximum atomic E-state index is 12.2. The molecular weight excluding hydrogens is 330 g/mol. The normalized spacial score (nSPS) is 14.2. The lowest BCUT2D eigenvalue weighted by atomic mass is 10.2. The number of nitrogens with zero attached hydrogens (tertiary/aromatic N) is 2. The zero-order chi connectivity index (χ0) is 14.7. The summed E-state index contributed by atoms with van der Waals surface area (Å²) in [5.41, 5.74) is 2.34. The number of carbonyl (C=O) groups excluding carboxylic acids is 1. The van der Waals surface area contributed by atoms with E-state index in [1.807, 2.05) is 35.2 Å². The van der Waals surface area contributed by atoms with Crippen LogP contribution in [0, 0.1) is 0 Å². The van der Waals surface area contributed by atoms with Crippen molar-refractivity contribution < 1.29 is 4.79 Å². The molecule has 1 fully saturated rings. The molecule has 1 aliphatic heterocycles. The van der Waals surface area contributed by atoms with Crippen molar-refractivity contribution >= 4 is 33.2 Å². The lowest BCUT2D eigenvalue weighted by Gasteiger charge is -2.14. The summed E-state index contributed by atoms with van der Waals surface area (Å²) in [4.78, 5) is 18.4. The third kappa shape index (κ3) is 3.24. The van der Waals surface area contributed by atoms with Gasteiger partial charge in [0.2, 0.25) is 0 Å². The number of para-hydroxylation sites is 1. The molecule has 1 aliphatic rings. The highest BCUT2D eigenvalue weighted by Crippen LogP contribution is 2.25. The van der Waals surface area contributed by atoms with Crippen LogP contribution in [0.2, 0.25) is 0 Å². The Labute approximate surface area is 132 Å². The first kappa shape index (κ1) is 14.1. The highest BCUT2D eigenvalue weighted by Gasteiger charge is 2.20. The summed E-state index contributed by atoms with van der Waals surface area (Å²) in [6, 6.07) is 11.5. The van der Waals surface area contributed by atoms with Gasteiger partial charge in [-0.05, 0) is 53.0 Å². The van der Waals surface area contributed by atoms with Crippen LogP contribution in [-0.2, 0) is 0 Å². The van der Waals surface area contributed by atoms with Crippen molar-refractivity contribution in [2.75, 3.05) is 18.4 Å². The minimum absolute atomic E-state index is 0.0277. The SMILES string of the molecule is O=C(c1ccc(Nc2ccccc2Br)cn1)N1CCCC1. The fourth-order valence-corrected chi connectivity index (χ4v) is 2.78. The van der Waals surface area contributed by atoms with Crippen LogP contribution in [0.15, 0.2) is 47.1 Å². The second kappa shape index (κ2) is 6.26. The highest BCUT2D eigenvalue weighted by molar-refractivity contribution is 9.10. The number of aromatic nitrogens is 1. The van der Waals surface area contributed by atoms with Crippen LogP contribution in [0.3, 0.4) is 0 Å². The molecule has 1 amide bonds.